The molecule has 328 valence electrons. The minimum atomic E-state index is -0.908. The number of rotatable bonds is 10. The summed E-state index contributed by atoms with van der Waals surface area (Å²) in [5.41, 5.74) is 5.59. The van der Waals surface area contributed by atoms with Gasteiger partial charge in [0, 0.05) is 24.2 Å². The van der Waals surface area contributed by atoms with Crippen LogP contribution in [0.4, 0.5) is 9.59 Å². The molecule has 16 heteroatoms. The number of aromatic nitrogens is 4. The molecule has 2 aliphatic heterocycles. The van der Waals surface area contributed by atoms with E-state index in [0.29, 0.717) is 36.0 Å². The van der Waals surface area contributed by atoms with Crippen LogP contribution in [-0.2, 0) is 19.1 Å². The highest BCUT2D eigenvalue weighted by Crippen LogP contribution is 2.36. The molecule has 2 aromatic heterocycles. The fourth-order valence-corrected chi connectivity index (χ4v) is 7.88. The fraction of sp³-hybridized carbons (Fsp3) is 0.319. The van der Waals surface area contributed by atoms with E-state index < -0.39 is 24.3 Å². The predicted molar refractivity (Wildman–Crippen MR) is 243 cm³/mol. The molecule has 0 spiro atoms. The van der Waals surface area contributed by atoms with E-state index in [4.69, 9.17) is 14.5 Å². The summed E-state index contributed by atoms with van der Waals surface area (Å²) in [7, 11) is 2.55. The number of imidazole rings is 2. The Morgan fingerprint density at radius 1 is 0.714 bits per heavy atom. The van der Waals surface area contributed by atoms with Gasteiger partial charge in [-0.3, -0.25) is 9.59 Å². The molecule has 0 aliphatic carbocycles. The van der Waals surface area contributed by atoms with Crippen molar-refractivity contribution in [2.75, 3.05) is 27.3 Å². The summed E-state index contributed by atoms with van der Waals surface area (Å²) in [5.74, 6) is 13.0. The van der Waals surface area contributed by atoms with Crippen molar-refractivity contribution < 1.29 is 28.7 Å². The molecule has 3 aromatic carbocycles. The van der Waals surface area contributed by atoms with Crippen LogP contribution in [0.15, 0.2) is 91.3 Å². The highest BCUT2D eigenvalue weighted by molar-refractivity contribution is 5.88. The summed E-state index contributed by atoms with van der Waals surface area (Å²) in [4.78, 5) is 71.3. The van der Waals surface area contributed by atoms with Crippen LogP contribution in [0.25, 0.3) is 22.4 Å². The number of ether oxygens (including phenoxy) is 2. The van der Waals surface area contributed by atoms with E-state index in [0.717, 1.165) is 53.6 Å². The first-order valence-corrected chi connectivity index (χ1v) is 20.3. The number of alkyl carbamates (subject to hydrolysis) is 2. The zero-order chi connectivity index (χ0) is 42.9. The average Bonchev–Trinajstić information content (AvgIpc) is 4.14. The van der Waals surface area contributed by atoms with Crippen LogP contribution in [0.2, 0.25) is 0 Å². The van der Waals surface area contributed by atoms with Gasteiger partial charge in [-0.1, -0.05) is 86.5 Å². The summed E-state index contributed by atoms with van der Waals surface area (Å²) in [6.45, 7) is 4.84. The van der Waals surface area contributed by atoms with E-state index in [1.807, 2.05) is 86.6 Å². The maximum atomic E-state index is 14.0. The molecular weight excluding hydrogens is 843 g/mol. The van der Waals surface area contributed by atoms with Crippen molar-refractivity contribution in [3.8, 4) is 46.1 Å². The molecule has 0 saturated carbocycles. The second-order valence-electron chi connectivity index (χ2n) is 15.2. The molecule has 2 aliphatic rings. The summed E-state index contributed by atoms with van der Waals surface area (Å²) < 4.78 is 9.59. The molecule has 7 rings (SSSR count). The van der Waals surface area contributed by atoms with Crippen molar-refractivity contribution in [3.05, 3.63) is 120 Å². The molecule has 14 nitrogen and oxygen atoms in total. The quantitative estimate of drug-likeness (QED) is 0.104. The largest absolute Gasteiger partial charge is 0.453 e. The van der Waals surface area contributed by atoms with Crippen LogP contribution in [0.1, 0.15) is 86.1 Å². The Hall–Kier alpha value is -6.74. The lowest BCUT2D eigenvalue weighted by molar-refractivity contribution is -0.135. The maximum absolute atomic E-state index is 14.0. The number of carbonyl (C=O) groups excluding carboxylic acids is 4. The van der Waals surface area contributed by atoms with Crippen LogP contribution in [0, 0.1) is 29.6 Å². The molecule has 63 heavy (non-hydrogen) atoms. The number of methoxy groups -OCH3 is 2. The number of likely N-dealkylation sites (tertiary alicyclic amines) is 2. The van der Waals surface area contributed by atoms with Crippen LogP contribution in [0.5, 0.6) is 0 Å². The first kappa shape index (κ1) is 47.3. The highest BCUT2D eigenvalue weighted by Gasteiger charge is 2.38. The Labute approximate surface area is 379 Å². The monoisotopic (exact) mass is 892 g/mol. The molecule has 2 fully saturated rings. The normalized spacial score (nSPS) is 16.2. The number of hydrogen-bond acceptors (Lipinski definition) is 8. The Bertz CT molecular complexity index is 2510. The number of amides is 4. The van der Waals surface area contributed by atoms with Crippen molar-refractivity contribution in [2.24, 2.45) is 5.92 Å². The average molecular weight is 894 g/mol. The van der Waals surface area contributed by atoms with Gasteiger partial charge in [0.05, 0.1) is 44.4 Å². The lowest BCUT2D eigenvalue weighted by Crippen LogP contribution is -2.51. The molecule has 0 radical (unpaired) electrons. The standard InChI is InChI=1S/C47H48N8O6.2ClH/c1-30(2)40(52-46(58)60-3)44(56)54-25-13-21-38(54)42-48-28-35(50-42)20-12-11-17-32-23-24-34(27-36(32)31-15-7-5-8-16-31)37-29-49-43(51-37)39-22-14-26-55(39)45(57)41(53-47(59)61-4)33-18-9-6-10-19-33;;/h5-10,15-16,18-19,23-24,27-30,38-41H,13-14,21-22,25-26H2,1-4H3,(H,48,50)(H,49,51)(H,52,58)(H,53,59);2*1H/t38-,39-,40-,41+;;/m0../s1. The number of aromatic amines is 2. The maximum Gasteiger partial charge on any atom is 0.407 e. The lowest BCUT2D eigenvalue weighted by atomic mass is 9.96. The van der Waals surface area contributed by atoms with Crippen molar-refractivity contribution in [3.63, 3.8) is 0 Å². The highest BCUT2D eigenvalue weighted by atomic mass is 35.5. The zero-order valence-electron chi connectivity index (χ0n) is 35.3. The van der Waals surface area contributed by atoms with E-state index in [1.54, 1.807) is 22.2 Å². The van der Waals surface area contributed by atoms with Gasteiger partial charge in [-0.05, 0) is 78.2 Å². The van der Waals surface area contributed by atoms with Gasteiger partial charge in [0.25, 0.3) is 5.91 Å². The first-order chi connectivity index (χ1) is 29.6. The van der Waals surface area contributed by atoms with Gasteiger partial charge in [-0.2, -0.15) is 0 Å². The number of halogens is 2. The molecule has 4 N–H and O–H groups in total. The molecule has 5 aromatic rings. The number of carbonyl (C=O) groups is 4. The summed E-state index contributed by atoms with van der Waals surface area (Å²) >= 11 is 0. The second-order valence-corrected chi connectivity index (χ2v) is 15.2. The van der Waals surface area contributed by atoms with Crippen molar-refractivity contribution in [2.45, 2.75) is 63.7 Å². The van der Waals surface area contributed by atoms with Gasteiger partial charge in [-0.15, -0.1) is 24.8 Å². The van der Waals surface area contributed by atoms with Crippen LogP contribution < -0.4 is 10.6 Å². The summed E-state index contributed by atoms with van der Waals surface area (Å²) in [6.07, 6.45) is 5.14. The number of H-pyrrole nitrogens is 2. The number of nitrogens with one attached hydrogen (secondary N) is 4. The molecule has 0 unspecified atom stereocenters. The van der Waals surface area contributed by atoms with Gasteiger partial charge >= 0.3 is 12.2 Å². The topological polar surface area (TPSA) is 175 Å². The predicted octanol–water partition coefficient (Wildman–Crippen LogP) is 7.52. The minimum Gasteiger partial charge on any atom is -0.453 e. The van der Waals surface area contributed by atoms with E-state index >= 15 is 0 Å². The van der Waals surface area contributed by atoms with Gasteiger partial charge < -0.3 is 39.9 Å². The first-order valence-electron chi connectivity index (χ1n) is 20.3. The Kier molecular flexibility index (Phi) is 16.4. The van der Waals surface area contributed by atoms with Gasteiger partial charge in [-0.25, -0.2) is 19.6 Å². The third kappa shape index (κ3) is 11.0. The Morgan fingerprint density at radius 2 is 1.30 bits per heavy atom. The number of hydrogen-bond donors (Lipinski definition) is 4. The summed E-state index contributed by atoms with van der Waals surface area (Å²) in [6, 6.07) is 22.9. The summed E-state index contributed by atoms with van der Waals surface area (Å²) in [5, 5.41) is 5.39. The third-order valence-electron chi connectivity index (χ3n) is 11.0. The van der Waals surface area contributed by atoms with Crippen LogP contribution >= 0.6 is 24.8 Å². The molecule has 4 heterocycles. The molecule has 2 saturated heterocycles. The third-order valence-corrected chi connectivity index (χ3v) is 11.0. The van der Waals surface area contributed by atoms with Gasteiger partial charge in [0.1, 0.15) is 29.4 Å². The zero-order valence-corrected chi connectivity index (χ0v) is 37.0. The fourth-order valence-electron chi connectivity index (χ4n) is 7.88. The lowest BCUT2D eigenvalue weighted by Gasteiger charge is -2.29. The van der Waals surface area contributed by atoms with Gasteiger partial charge in [0.2, 0.25) is 5.91 Å². The van der Waals surface area contributed by atoms with Crippen molar-refractivity contribution in [1.29, 1.82) is 0 Å². The van der Waals surface area contributed by atoms with Crippen molar-refractivity contribution in [1.82, 2.24) is 40.4 Å². The molecule has 0 bridgehead atoms. The van der Waals surface area contributed by atoms with E-state index in [2.05, 4.69) is 55.3 Å². The Balaban J connectivity index is 0.00000374. The van der Waals surface area contributed by atoms with Gasteiger partial charge in [0.15, 0.2) is 0 Å². The molecular formula is C47H50Cl2N8O6. The van der Waals surface area contributed by atoms with E-state index in [9.17, 15) is 19.2 Å². The van der Waals surface area contributed by atoms with Crippen LogP contribution in [-0.4, -0.2) is 87.1 Å². The minimum absolute atomic E-state index is 0. The smallest absolute Gasteiger partial charge is 0.407 e. The molecule has 4 atom stereocenters. The molecule has 4 amide bonds. The number of benzene rings is 3. The SMILES string of the molecule is COC(=O)N[C@H](C(=O)N1CCC[C@H]1c1ncc(C#CC#Cc2ccc(-c3cnc([C@@H]4CCCN4C(=O)[C@H](NC(=O)OC)c4ccccc4)[nH]3)cc2-c2ccccc2)[nH]1)C(C)C.Cl.Cl. The van der Waals surface area contributed by atoms with E-state index in [-0.39, 0.29) is 54.6 Å². The van der Waals surface area contributed by atoms with Crippen LogP contribution in [0.3, 0.4) is 0 Å². The Morgan fingerprint density at radius 3 is 1.95 bits per heavy atom. The second kappa shape index (κ2) is 21.9. The van der Waals surface area contributed by atoms with E-state index in [1.165, 1.54) is 14.2 Å². The number of nitrogens with zero attached hydrogens (tertiary/aromatic N) is 4. The van der Waals surface area contributed by atoms with Crippen molar-refractivity contribution >= 4 is 48.8 Å².